The molecule has 0 spiro atoms. The van der Waals surface area contributed by atoms with E-state index in [2.05, 4.69) is 15.5 Å². The van der Waals surface area contributed by atoms with E-state index in [9.17, 15) is 4.79 Å². The summed E-state index contributed by atoms with van der Waals surface area (Å²) >= 11 is 5.99. The molecule has 29 heavy (non-hydrogen) atoms. The second-order valence-electron chi connectivity index (χ2n) is 6.17. The van der Waals surface area contributed by atoms with Crippen molar-refractivity contribution in [3.63, 3.8) is 0 Å². The smallest absolute Gasteiger partial charge is 0.259 e. The quantitative estimate of drug-likeness (QED) is 0.486. The minimum absolute atomic E-state index is 0.250. The molecule has 0 unspecified atom stereocenters. The summed E-state index contributed by atoms with van der Waals surface area (Å²) in [7, 11) is 1.59. The molecule has 6 nitrogen and oxygen atoms in total. The number of carbonyl (C=O) groups is 1. The third-order valence-electron chi connectivity index (χ3n) is 4.24. The highest BCUT2D eigenvalue weighted by molar-refractivity contribution is 6.31. The van der Waals surface area contributed by atoms with Crippen LogP contribution in [0.1, 0.15) is 10.4 Å². The number of benzene rings is 3. The minimum Gasteiger partial charge on any atom is -0.497 e. The molecule has 1 aromatic heterocycles. The number of methoxy groups -OCH3 is 1. The topological polar surface area (TPSA) is 77.2 Å². The second kappa shape index (κ2) is 8.16. The predicted octanol–water partition coefficient (Wildman–Crippen LogP) is 5.32. The average molecular weight is 406 g/mol. The molecule has 0 saturated carbocycles. The molecule has 0 atom stereocenters. The summed E-state index contributed by atoms with van der Waals surface area (Å²) in [6, 6.07) is 21.3. The lowest BCUT2D eigenvalue weighted by molar-refractivity contribution is 0.102. The molecule has 4 aromatic rings. The molecule has 3 aromatic carbocycles. The van der Waals surface area contributed by atoms with Crippen LogP contribution in [0.2, 0.25) is 5.02 Å². The van der Waals surface area contributed by atoms with Gasteiger partial charge in [-0.3, -0.25) is 4.79 Å². The average Bonchev–Trinajstić information content (AvgIpc) is 3.24. The summed E-state index contributed by atoms with van der Waals surface area (Å²) in [4.78, 5) is 17.3. The van der Waals surface area contributed by atoms with Gasteiger partial charge in [-0.1, -0.05) is 47.1 Å². The van der Waals surface area contributed by atoms with Crippen LogP contribution in [0.15, 0.2) is 77.3 Å². The van der Waals surface area contributed by atoms with E-state index >= 15 is 0 Å². The van der Waals surface area contributed by atoms with Crippen LogP contribution in [0.3, 0.4) is 0 Å². The van der Waals surface area contributed by atoms with E-state index in [4.69, 9.17) is 20.9 Å². The van der Waals surface area contributed by atoms with Crippen molar-refractivity contribution in [2.75, 3.05) is 12.4 Å². The zero-order valence-electron chi connectivity index (χ0n) is 15.4. The van der Waals surface area contributed by atoms with Crippen LogP contribution in [0.5, 0.6) is 5.75 Å². The van der Waals surface area contributed by atoms with Gasteiger partial charge in [-0.25, -0.2) is 0 Å². The van der Waals surface area contributed by atoms with E-state index in [1.54, 1.807) is 55.6 Å². The maximum absolute atomic E-state index is 12.8. The van der Waals surface area contributed by atoms with Gasteiger partial charge in [0.1, 0.15) is 5.75 Å². The summed E-state index contributed by atoms with van der Waals surface area (Å²) in [6.07, 6.45) is 0. The van der Waals surface area contributed by atoms with Crippen LogP contribution < -0.4 is 10.1 Å². The number of carbonyl (C=O) groups excluding carboxylic acids is 1. The summed E-state index contributed by atoms with van der Waals surface area (Å²) in [5, 5.41) is 7.41. The van der Waals surface area contributed by atoms with Crippen molar-refractivity contribution < 1.29 is 14.1 Å². The van der Waals surface area contributed by atoms with Gasteiger partial charge in [0, 0.05) is 16.3 Å². The van der Waals surface area contributed by atoms with Gasteiger partial charge in [-0.05, 0) is 42.5 Å². The van der Waals surface area contributed by atoms with Gasteiger partial charge in [0.15, 0.2) is 0 Å². The Morgan fingerprint density at radius 1 is 1.03 bits per heavy atom. The number of rotatable bonds is 5. The van der Waals surface area contributed by atoms with E-state index in [0.717, 1.165) is 5.56 Å². The lowest BCUT2D eigenvalue weighted by Gasteiger charge is -2.08. The SMILES string of the molecule is COc1cccc(-c2noc(-c3ccccc3C(=O)Nc3cccc(Cl)c3)n2)c1. The van der Waals surface area contributed by atoms with Crippen LogP contribution in [0, 0.1) is 0 Å². The molecule has 4 rings (SSSR count). The van der Waals surface area contributed by atoms with Gasteiger partial charge in [0.2, 0.25) is 5.82 Å². The normalized spacial score (nSPS) is 10.6. The second-order valence-corrected chi connectivity index (χ2v) is 6.60. The van der Waals surface area contributed by atoms with Gasteiger partial charge >= 0.3 is 0 Å². The molecule has 7 heteroatoms. The van der Waals surface area contributed by atoms with Crippen molar-refractivity contribution in [2.24, 2.45) is 0 Å². The first kappa shape index (κ1) is 18.7. The molecule has 0 aliphatic heterocycles. The monoisotopic (exact) mass is 405 g/mol. The molecule has 0 aliphatic rings. The third-order valence-corrected chi connectivity index (χ3v) is 4.47. The molecule has 1 N–H and O–H groups in total. The van der Waals surface area contributed by atoms with E-state index < -0.39 is 0 Å². The third kappa shape index (κ3) is 4.12. The maximum Gasteiger partial charge on any atom is 0.259 e. The first-order valence-electron chi connectivity index (χ1n) is 8.78. The fraction of sp³-hybridized carbons (Fsp3) is 0.0455. The molecule has 1 heterocycles. The first-order chi connectivity index (χ1) is 14.1. The van der Waals surface area contributed by atoms with Crippen molar-refractivity contribution in [3.8, 4) is 28.6 Å². The van der Waals surface area contributed by atoms with Crippen molar-refractivity contribution >= 4 is 23.2 Å². The van der Waals surface area contributed by atoms with Gasteiger partial charge in [0.05, 0.1) is 18.2 Å². The van der Waals surface area contributed by atoms with Gasteiger partial charge < -0.3 is 14.6 Å². The van der Waals surface area contributed by atoms with Crippen LogP contribution >= 0.6 is 11.6 Å². The number of hydrogen-bond acceptors (Lipinski definition) is 5. The number of hydrogen-bond donors (Lipinski definition) is 1. The molecule has 0 aliphatic carbocycles. The molecular weight excluding hydrogens is 390 g/mol. The standard InChI is InChI=1S/C22H16ClN3O3/c1-28-17-9-4-6-14(12-17)20-25-22(29-26-20)19-11-3-2-10-18(19)21(27)24-16-8-5-7-15(23)13-16/h2-13H,1H3,(H,24,27). The molecule has 0 bridgehead atoms. The van der Waals surface area contributed by atoms with Crippen LogP contribution in [0.4, 0.5) is 5.69 Å². The van der Waals surface area contributed by atoms with E-state index in [-0.39, 0.29) is 11.8 Å². The Bertz CT molecular complexity index is 1170. The molecule has 144 valence electrons. The lowest BCUT2D eigenvalue weighted by atomic mass is 10.1. The fourth-order valence-corrected chi connectivity index (χ4v) is 3.03. The van der Waals surface area contributed by atoms with E-state index in [1.807, 2.05) is 24.3 Å². The van der Waals surface area contributed by atoms with Crippen molar-refractivity contribution in [3.05, 3.63) is 83.4 Å². The Labute approximate surface area is 172 Å². The number of ether oxygens (including phenoxy) is 1. The van der Waals surface area contributed by atoms with Crippen LogP contribution in [-0.2, 0) is 0 Å². The highest BCUT2D eigenvalue weighted by Gasteiger charge is 2.18. The van der Waals surface area contributed by atoms with Crippen molar-refractivity contribution in [2.45, 2.75) is 0 Å². The molecule has 0 radical (unpaired) electrons. The lowest BCUT2D eigenvalue weighted by Crippen LogP contribution is -2.13. The summed E-state index contributed by atoms with van der Waals surface area (Å²) in [5.74, 6) is 1.04. The Balaban J connectivity index is 1.65. The van der Waals surface area contributed by atoms with Gasteiger partial charge in [-0.2, -0.15) is 4.98 Å². The Hall–Kier alpha value is -3.64. The van der Waals surface area contributed by atoms with Crippen molar-refractivity contribution in [1.29, 1.82) is 0 Å². The fourth-order valence-electron chi connectivity index (χ4n) is 2.84. The summed E-state index contributed by atoms with van der Waals surface area (Å²) in [5.41, 5.74) is 2.29. The number of anilines is 1. The number of aromatic nitrogens is 2. The zero-order valence-corrected chi connectivity index (χ0v) is 16.2. The zero-order chi connectivity index (χ0) is 20.2. The number of nitrogens with zero attached hydrogens (tertiary/aromatic N) is 2. The van der Waals surface area contributed by atoms with E-state index in [1.165, 1.54) is 0 Å². The summed E-state index contributed by atoms with van der Waals surface area (Å²) in [6.45, 7) is 0. The predicted molar refractivity (Wildman–Crippen MR) is 111 cm³/mol. The highest BCUT2D eigenvalue weighted by atomic mass is 35.5. The highest BCUT2D eigenvalue weighted by Crippen LogP contribution is 2.27. The number of amides is 1. The maximum atomic E-state index is 12.8. The molecule has 1 amide bonds. The number of halogens is 1. The Morgan fingerprint density at radius 3 is 2.69 bits per heavy atom. The van der Waals surface area contributed by atoms with Crippen LogP contribution in [-0.4, -0.2) is 23.2 Å². The molecular formula is C22H16ClN3O3. The minimum atomic E-state index is -0.302. The first-order valence-corrected chi connectivity index (χ1v) is 9.16. The Morgan fingerprint density at radius 2 is 1.86 bits per heavy atom. The summed E-state index contributed by atoms with van der Waals surface area (Å²) < 4.78 is 10.7. The number of nitrogens with one attached hydrogen (secondary N) is 1. The largest absolute Gasteiger partial charge is 0.497 e. The molecule has 0 saturated heterocycles. The van der Waals surface area contributed by atoms with Crippen LogP contribution in [0.25, 0.3) is 22.8 Å². The van der Waals surface area contributed by atoms with Gasteiger partial charge in [0.25, 0.3) is 11.8 Å². The van der Waals surface area contributed by atoms with Gasteiger partial charge in [-0.15, -0.1) is 0 Å². The Kier molecular flexibility index (Phi) is 5.27. The van der Waals surface area contributed by atoms with Crippen molar-refractivity contribution in [1.82, 2.24) is 10.1 Å². The molecule has 0 fully saturated rings. The van der Waals surface area contributed by atoms with E-state index in [0.29, 0.717) is 33.4 Å².